The van der Waals surface area contributed by atoms with E-state index in [1.165, 1.54) is 17.7 Å². The first-order valence-electron chi connectivity index (χ1n) is 12.7. The number of amides is 3. The van der Waals surface area contributed by atoms with Gasteiger partial charge in [0.2, 0.25) is 5.91 Å². The highest BCUT2D eigenvalue weighted by Crippen LogP contribution is 2.32. The second kappa shape index (κ2) is 12.7. The van der Waals surface area contributed by atoms with Gasteiger partial charge in [-0.1, -0.05) is 79.6 Å². The van der Waals surface area contributed by atoms with Gasteiger partial charge in [-0.3, -0.25) is 4.79 Å². The van der Waals surface area contributed by atoms with Gasteiger partial charge in [-0.15, -0.1) is 0 Å². The van der Waals surface area contributed by atoms with Crippen LogP contribution in [-0.4, -0.2) is 40.5 Å². The third-order valence-electron chi connectivity index (χ3n) is 6.89. The normalized spacial score (nSPS) is 17.0. The molecule has 3 N–H and O–H groups in total. The minimum absolute atomic E-state index is 0.0738. The fourth-order valence-corrected chi connectivity index (χ4v) is 5.09. The lowest BCUT2D eigenvalue weighted by molar-refractivity contribution is -0.135. The molecule has 4 rings (SSSR count). The molecule has 7 nitrogen and oxygen atoms in total. The van der Waals surface area contributed by atoms with Gasteiger partial charge in [0.25, 0.3) is 0 Å². The first-order valence-corrected chi connectivity index (χ1v) is 12.7. The Morgan fingerprint density at radius 2 is 1.51 bits per heavy atom. The number of carbonyl (C=O) groups is 3. The molecule has 1 aliphatic carbocycles. The molecule has 0 bridgehead atoms. The molecule has 1 aliphatic rings. The number of urea groups is 1. The Bertz CT molecular complexity index is 1200. The molecule has 3 amide bonds. The summed E-state index contributed by atoms with van der Waals surface area (Å²) in [5.41, 5.74) is 2.74. The van der Waals surface area contributed by atoms with Crippen molar-refractivity contribution in [1.29, 1.82) is 0 Å². The van der Waals surface area contributed by atoms with Crippen LogP contribution in [0.5, 0.6) is 0 Å². The Kier molecular flexibility index (Phi) is 8.92. The second-order valence-electron chi connectivity index (χ2n) is 9.50. The summed E-state index contributed by atoms with van der Waals surface area (Å²) < 4.78 is 0. The zero-order valence-corrected chi connectivity index (χ0v) is 20.8. The first kappa shape index (κ1) is 25.9. The van der Waals surface area contributed by atoms with Crippen molar-refractivity contribution >= 4 is 23.6 Å². The van der Waals surface area contributed by atoms with Gasteiger partial charge in [-0.25, -0.2) is 9.59 Å². The van der Waals surface area contributed by atoms with Gasteiger partial charge in [-0.05, 0) is 54.5 Å². The molecule has 0 saturated heterocycles. The van der Waals surface area contributed by atoms with Crippen LogP contribution in [0.15, 0.2) is 84.9 Å². The maximum atomic E-state index is 13.6. The number of nitrogens with one attached hydrogen (secondary N) is 2. The smallest absolute Gasteiger partial charge is 0.335 e. The SMILES string of the molecule is O=C(NCC(=O)N(Cc1ccccc1)[C@@H]1CCCC[C@H]1Cc1ccccc1)Nc1cccc(C(=O)O)c1. The average molecular weight is 500 g/mol. The Hall–Kier alpha value is -4.13. The van der Waals surface area contributed by atoms with E-state index >= 15 is 0 Å². The molecular formula is C30H33N3O4. The molecule has 0 radical (unpaired) electrons. The van der Waals surface area contributed by atoms with Crippen molar-refractivity contribution in [2.24, 2.45) is 5.92 Å². The van der Waals surface area contributed by atoms with Crippen LogP contribution in [0.25, 0.3) is 0 Å². The summed E-state index contributed by atoms with van der Waals surface area (Å²) in [5.74, 6) is -0.868. The molecule has 2 atom stereocenters. The summed E-state index contributed by atoms with van der Waals surface area (Å²) in [4.78, 5) is 39.2. The summed E-state index contributed by atoms with van der Waals surface area (Å²) in [6, 6.07) is 25.8. The zero-order chi connectivity index (χ0) is 26.0. The van der Waals surface area contributed by atoms with Gasteiger partial charge in [0.05, 0.1) is 12.1 Å². The minimum Gasteiger partial charge on any atom is -0.478 e. The maximum Gasteiger partial charge on any atom is 0.335 e. The first-order chi connectivity index (χ1) is 18.0. The number of carboxylic acids is 1. The molecule has 0 aliphatic heterocycles. The predicted octanol–water partition coefficient (Wildman–Crippen LogP) is 5.34. The van der Waals surface area contributed by atoms with E-state index in [2.05, 4.69) is 34.9 Å². The van der Waals surface area contributed by atoms with Crippen LogP contribution in [-0.2, 0) is 17.8 Å². The Morgan fingerprint density at radius 3 is 2.22 bits per heavy atom. The van der Waals surface area contributed by atoms with E-state index in [1.54, 1.807) is 12.1 Å². The number of aromatic carboxylic acids is 1. The number of carbonyl (C=O) groups excluding carboxylic acids is 2. The Balaban J connectivity index is 1.46. The average Bonchev–Trinajstić information content (AvgIpc) is 2.92. The predicted molar refractivity (Wildman–Crippen MR) is 143 cm³/mol. The number of hydrogen-bond acceptors (Lipinski definition) is 3. The van der Waals surface area contributed by atoms with Crippen molar-refractivity contribution in [3.63, 3.8) is 0 Å². The number of rotatable bonds is 9. The van der Waals surface area contributed by atoms with Crippen LogP contribution in [0.4, 0.5) is 10.5 Å². The molecule has 1 fully saturated rings. The molecule has 7 heteroatoms. The number of anilines is 1. The van der Waals surface area contributed by atoms with Crippen molar-refractivity contribution in [3.05, 3.63) is 102 Å². The van der Waals surface area contributed by atoms with Crippen LogP contribution in [0.2, 0.25) is 0 Å². The Labute approximate surface area is 217 Å². The molecule has 3 aromatic carbocycles. The monoisotopic (exact) mass is 499 g/mol. The van der Waals surface area contributed by atoms with Gasteiger partial charge in [0.1, 0.15) is 0 Å². The molecule has 0 spiro atoms. The van der Waals surface area contributed by atoms with Crippen LogP contribution >= 0.6 is 0 Å². The standard InChI is InChI=1S/C30H33N3O4/c34-28(20-31-30(37)32-26-16-9-15-25(19-26)29(35)36)33(21-23-12-5-2-6-13-23)27-17-8-7-14-24(27)18-22-10-3-1-4-11-22/h1-6,9-13,15-16,19,24,27H,7-8,14,17-18,20-21H2,(H,35,36)(H2,31,32,37)/t24-,27+/m0/s1. The molecule has 0 aromatic heterocycles. The third kappa shape index (κ3) is 7.43. The van der Waals surface area contributed by atoms with E-state index in [9.17, 15) is 14.4 Å². The van der Waals surface area contributed by atoms with E-state index in [0.29, 0.717) is 18.2 Å². The summed E-state index contributed by atoms with van der Waals surface area (Å²) in [6.07, 6.45) is 5.13. The summed E-state index contributed by atoms with van der Waals surface area (Å²) in [5, 5.41) is 14.4. The summed E-state index contributed by atoms with van der Waals surface area (Å²) >= 11 is 0. The number of hydrogen-bond donors (Lipinski definition) is 3. The molecule has 37 heavy (non-hydrogen) atoms. The number of carboxylic acid groups (broad SMARTS) is 1. The van der Waals surface area contributed by atoms with E-state index in [1.807, 2.05) is 41.3 Å². The zero-order valence-electron chi connectivity index (χ0n) is 20.8. The van der Waals surface area contributed by atoms with E-state index < -0.39 is 12.0 Å². The second-order valence-corrected chi connectivity index (χ2v) is 9.50. The molecule has 0 unspecified atom stereocenters. The van der Waals surface area contributed by atoms with Crippen molar-refractivity contribution in [1.82, 2.24) is 10.2 Å². The van der Waals surface area contributed by atoms with Gasteiger partial charge in [0.15, 0.2) is 0 Å². The van der Waals surface area contributed by atoms with E-state index in [4.69, 9.17) is 5.11 Å². The molecular weight excluding hydrogens is 466 g/mol. The van der Waals surface area contributed by atoms with Crippen molar-refractivity contribution in [2.45, 2.75) is 44.7 Å². The molecule has 3 aromatic rings. The largest absolute Gasteiger partial charge is 0.478 e. The summed E-state index contributed by atoms with van der Waals surface area (Å²) in [6.45, 7) is 0.339. The fraction of sp³-hybridized carbons (Fsp3) is 0.300. The van der Waals surface area contributed by atoms with Crippen molar-refractivity contribution < 1.29 is 19.5 Å². The highest BCUT2D eigenvalue weighted by atomic mass is 16.4. The number of benzene rings is 3. The summed E-state index contributed by atoms with van der Waals surface area (Å²) in [7, 11) is 0. The highest BCUT2D eigenvalue weighted by Gasteiger charge is 2.33. The van der Waals surface area contributed by atoms with Crippen LogP contribution in [0.1, 0.15) is 47.2 Å². The van der Waals surface area contributed by atoms with Gasteiger partial charge >= 0.3 is 12.0 Å². The van der Waals surface area contributed by atoms with Gasteiger partial charge in [-0.2, -0.15) is 0 Å². The van der Waals surface area contributed by atoms with Gasteiger partial charge in [0, 0.05) is 18.3 Å². The van der Waals surface area contributed by atoms with Crippen LogP contribution in [0, 0.1) is 5.92 Å². The lowest BCUT2D eigenvalue weighted by Crippen LogP contribution is -2.50. The Morgan fingerprint density at radius 1 is 0.838 bits per heavy atom. The van der Waals surface area contributed by atoms with E-state index in [-0.39, 0.29) is 24.1 Å². The minimum atomic E-state index is -1.08. The quantitative estimate of drug-likeness (QED) is 0.370. The third-order valence-corrected chi connectivity index (χ3v) is 6.89. The van der Waals surface area contributed by atoms with E-state index in [0.717, 1.165) is 37.7 Å². The highest BCUT2D eigenvalue weighted by molar-refractivity contribution is 5.94. The number of nitrogens with zero attached hydrogens (tertiary/aromatic N) is 1. The van der Waals surface area contributed by atoms with Gasteiger partial charge < -0.3 is 20.6 Å². The molecule has 0 heterocycles. The molecule has 192 valence electrons. The van der Waals surface area contributed by atoms with Crippen molar-refractivity contribution in [2.75, 3.05) is 11.9 Å². The lowest BCUT2D eigenvalue weighted by atomic mass is 9.79. The fourth-order valence-electron chi connectivity index (χ4n) is 5.09. The van der Waals surface area contributed by atoms with Crippen LogP contribution < -0.4 is 10.6 Å². The maximum absolute atomic E-state index is 13.6. The topological polar surface area (TPSA) is 98.7 Å². The van der Waals surface area contributed by atoms with Crippen molar-refractivity contribution in [3.8, 4) is 0 Å². The molecule has 1 saturated carbocycles. The lowest BCUT2D eigenvalue weighted by Gasteiger charge is -2.40. The van der Waals surface area contributed by atoms with Crippen LogP contribution in [0.3, 0.4) is 0 Å².